The molecule has 0 radical (unpaired) electrons. The molecule has 55 heavy (non-hydrogen) atoms. The molecule has 3 heterocycles. The molecule has 21 nitrogen and oxygen atoms in total. The zero-order chi connectivity index (χ0) is 40.7. The summed E-state index contributed by atoms with van der Waals surface area (Å²) in [7, 11) is 0. The minimum absolute atomic E-state index is 0.148. The Hall–Kier alpha value is -5.84. The molecule has 2 aliphatic rings. The number of fused-ring (bicyclic) bond motifs is 2. The van der Waals surface area contributed by atoms with E-state index in [2.05, 4.69) is 9.47 Å². The highest BCUT2D eigenvalue weighted by molar-refractivity contribution is 5.98. The molecule has 2 aromatic carbocycles. The molecular weight excluding hydrogens is 744 g/mol. The van der Waals surface area contributed by atoms with Gasteiger partial charge in [-0.3, -0.25) is 28.7 Å². The van der Waals surface area contributed by atoms with E-state index in [-0.39, 0.29) is 42.1 Å². The molecule has 0 saturated carbocycles. The van der Waals surface area contributed by atoms with Gasteiger partial charge in [0.15, 0.2) is 18.1 Å². The Balaban J connectivity index is 1.72. The lowest BCUT2D eigenvalue weighted by Crippen LogP contribution is -2.91. The SMILES string of the molecule is CCOC(=O)c1oc2cc(OC3(O)OC(O)(COC(C)=O)C(O)(OC(C)=O)C(O)(OC(C)=O)C3(O)OC(C)=O)ccc2c(=O)c1-c1ccc2c(c1)OCCO2. The number of ether oxygens (including phenoxy) is 9. The van der Waals surface area contributed by atoms with Gasteiger partial charge in [0, 0.05) is 33.8 Å². The monoisotopic (exact) mass is 778 g/mol. The maximum absolute atomic E-state index is 14.0. The fourth-order valence-corrected chi connectivity index (χ4v) is 5.74. The zero-order valence-electron chi connectivity index (χ0n) is 29.6. The molecule has 0 spiro atoms. The summed E-state index contributed by atoms with van der Waals surface area (Å²) >= 11 is 0. The van der Waals surface area contributed by atoms with E-state index in [0.717, 1.165) is 25.1 Å². The highest BCUT2D eigenvalue weighted by Crippen LogP contribution is 2.55. The van der Waals surface area contributed by atoms with Crippen LogP contribution >= 0.6 is 0 Å². The lowest BCUT2D eigenvalue weighted by atomic mass is 9.83. The van der Waals surface area contributed by atoms with Crippen molar-refractivity contribution < 1.29 is 96.6 Å². The van der Waals surface area contributed by atoms with Gasteiger partial charge in [-0.15, -0.1) is 0 Å². The van der Waals surface area contributed by atoms with Crippen molar-refractivity contribution in [1.29, 1.82) is 0 Å². The molecule has 5 unspecified atom stereocenters. The van der Waals surface area contributed by atoms with Crippen LogP contribution in [0.4, 0.5) is 0 Å². The van der Waals surface area contributed by atoms with Crippen molar-refractivity contribution in [1.82, 2.24) is 0 Å². The lowest BCUT2D eigenvalue weighted by Gasteiger charge is -2.59. The molecule has 0 aliphatic carbocycles. The van der Waals surface area contributed by atoms with Crippen molar-refractivity contribution in [3.63, 3.8) is 0 Å². The Morgan fingerprint density at radius 2 is 1.33 bits per heavy atom. The van der Waals surface area contributed by atoms with Crippen LogP contribution in [-0.2, 0) is 47.6 Å². The maximum atomic E-state index is 14.0. The van der Waals surface area contributed by atoms with Crippen LogP contribution in [0.25, 0.3) is 22.1 Å². The third-order valence-corrected chi connectivity index (χ3v) is 7.94. The van der Waals surface area contributed by atoms with Crippen LogP contribution in [0.5, 0.6) is 17.2 Å². The van der Waals surface area contributed by atoms with Gasteiger partial charge in [-0.1, -0.05) is 6.07 Å². The van der Waals surface area contributed by atoms with Gasteiger partial charge in [0.2, 0.25) is 11.2 Å². The van der Waals surface area contributed by atoms with E-state index in [1.165, 1.54) is 25.1 Å². The fraction of sp³-hybridized carbons (Fsp3) is 0.412. The Labute approximate surface area is 308 Å². The van der Waals surface area contributed by atoms with Gasteiger partial charge in [-0.2, -0.15) is 0 Å². The molecule has 0 amide bonds. The molecule has 1 aromatic heterocycles. The van der Waals surface area contributed by atoms with Crippen molar-refractivity contribution in [2.45, 2.75) is 63.7 Å². The molecule has 5 N–H and O–H groups in total. The predicted octanol–water partition coefficient (Wildman–Crippen LogP) is -0.530. The summed E-state index contributed by atoms with van der Waals surface area (Å²) in [5.74, 6) is -29.5. The second kappa shape index (κ2) is 14.4. The number of hydrogen-bond donors (Lipinski definition) is 5. The quantitative estimate of drug-likeness (QED) is 0.0981. The van der Waals surface area contributed by atoms with E-state index in [4.69, 9.17) is 37.6 Å². The van der Waals surface area contributed by atoms with Crippen molar-refractivity contribution in [2.75, 3.05) is 26.4 Å². The van der Waals surface area contributed by atoms with Gasteiger partial charge in [0.05, 0.1) is 17.6 Å². The number of rotatable bonds is 10. The normalized spacial score (nSPS) is 27.0. The molecule has 0 bridgehead atoms. The van der Waals surface area contributed by atoms with E-state index in [1.807, 2.05) is 0 Å². The average Bonchev–Trinajstić information content (AvgIpc) is 3.08. The molecule has 3 aromatic rings. The third-order valence-electron chi connectivity index (χ3n) is 7.94. The minimum Gasteiger partial charge on any atom is -0.486 e. The van der Waals surface area contributed by atoms with Gasteiger partial charge in [0.1, 0.15) is 24.5 Å². The van der Waals surface area contributed by atoms with Gasteiger partial charge in [-0.05, 0) is 36.8 Å². The average molecular weight is 779 g/mol. The molecule has 2 aliphatic heterocycles. The number of esters is 5. The zero-order valence-corrected chi connectivity index (χ0v) is 29.6. The fourth-order valence-electron chi connectivity index (χ4n) is 5.74. The van der Waals surface area contributed by atoms with Crippen LogP contribution in [0, 0.1) is 0 Å². The molecule has 5 rings (SSSR count). The van der Waals surface area contributed by atoms with Crippen LogP contribution in [0.1, 0.15) is 45.2 Å². The summed E-state index contributed by atoms with van der Waals surface area (Å²) in [6.45, 7) is 2.67. The Bertz CT molecular complexity index is 2130. The van der Waals surface area contributed by atoms with Crippen LogP contribution < -0.4 is 19.6 Å². The summed E-state index contributed by atoms with van der Waals surface area (Å²) in [5, 5.41) is 58.5. The highest BCUT2D eigenvalue weighted by Gasteiger charge is 2.91. The summed E-state index contributed by atoms with van der Waals surface area (Å²) in [4.78, 5) is 75.8. The van der Waals surface area contributed by atoms with Crippen molar-refractivity contribution in [3.8, 4) is 28.4 Å². The van der Waals surface area contributed by atoms with Crippen molar-refractivity contribution >= 4 is 40.8 Å². The first-order valence-corrected chi connectivity index (χ1v) is 16.1. The number of hydrogen-bond acceptors (Lipinski definition) is 21. The lowest BCUT2D eigenvalue weighted by molar-refractivity contribution is -0.629. The van der Waals surface area contributed by atoms with Crippen molar-refractivity contribution in [2.24, 2.45) is 0 Å². The Kier molecular flexibility index (Phi) is 10.6. The van der Waals surface area contributed by atoms with Crippen molar-refractivity contribution in [3.05, 3.63) is 52.4 Å². The minimum atomic E-state index is -4.52. The first kappa shape index (κ1) is 40.3. The van der Waals surface area contributed by atoms with E-state index >= 15 is 0 Å². The Morgan fingerprint density at radius 1 is 0.727 bits per heavy atom. The van der Waals surface area contributed by atoms with Gasteiger partial charge >= 0.3 is 53.2 Å². The topological polar surface area (TPSA) is 300 Å². The molecule has 21 heteroatoms. The number of aliphatic hydroxyl groups is 5. The molecule has 1 fully saturated rings. The second-order valence-electron chi connectivity index (χ2n) is 11.9. The number of benzene rings is 2. The summed E-state index contributed by atoms with van der Waals surface area (Å²) < 4.78 is 51.3. The maximum Gasteiger partial charge on any atom is 0.404 e. The smallest absolute Gasteiger partial charge is 0.404 e. The van der Waals surface area contributed by atoms with Crippen LogP contribution in [0.3, 0.4) is 0 Å². The summed E-state index contributed by atoms with van der Waals surface area (Å²) in [6, 6.07) is 7.17. The second-order valence-corrected chi connectivity index (χ2v) is 11.9. The first-order chi connectivity index (χ1) is 25.6. The first-order valence-electron chi connectivity index (χ1n) is 16.1. The number of carbonyl (C=O) groups is 5. The highest BCUT2D eigenvalue weighted by atomic mass is 16.9. The van der Waals surface area contributed by atoms with E-state index in [0.29, 0.717) is 26.5 Å². The summed E-state index contributed by atoms with van der Waals surface area (Å²) in [5.41, 5.74) is -1.37. The molecule has 5 atom stereocenters. The third kappa shape index (κ3) is 6.88. The largest absolute Gasteiger partial charge is 0.486 e. The van der Waals surface area contributed by atoms with Gasteiger partial charge < -0.3 is 67.8 Å². The molecular formula is C34H34O21. The van der Waals surface area contributed by atoms with Crippen LogP contribution in [0.2, 0.25) is 0 Å². The predicted molar refractivity (Wildman–Crippen MR) is 173 cm³/mol. The van der Waals surface area contributed by atoms with Crippen LogP contribution in [0.15, 0.2) is 45.6 Å². The molecule has 1 saturated heterocycles. The standard InChI is InChI=1S/C34H34O21/c1-6-46-29(40)28-26(20-7-10-23-25(13-20)48-12-11-47-23)27(39)22-9-8-21(14-24(22)50-28)54-34(45)33(44,53-19(5)38)32(43,52-18(4)37)31(42,51-17(3)36)30(41,55-34)15-49-16(2)35/h7-10,13-14,41-45H,6,11-12,15H2,1-5H3. The molecule has 296 valence electrons. The Morgan fingerprint density at radius 3 is 1.93 bits per heavy atom. The summed E-state index contributed by atoms with van der Waals surface area (Å²) in [6.07, 6.45) is 0. The van der Waals surface area contributed by atoms with E-state index in [1.54, 1.807) is 0 Å². The van der Waals surface area contributed by atoms with Gasteiger partial charge in [-0.25, -0.2) is 4.79 Å². The van der Waals surface area contributed by atoms with E-state index < -0.39 is 88.1 Å². The van der Waals surface area contributed by atoms with E-state index in [9.17, 15) is 54.3 Å². The van der Waals surface area contributed by atoms with Gasteiger partial charge in [0.25, 0.3) is 5.79 Å². The van der Waals surface area contributed by atoms with Crippen LogP contribution in [-0.4, -0.2) is 111 Å². The number of carbonyl (C=O) groups excluding carboxylic acids is 5.